The van der Waals surface area contributed by atoms with Crippen molar-refractivity contribution >= 4 is 11.9 Å². The topological polar surface area (TPSA) is 69.6 Å². The van der Waals surface area contributed by atoms with Gasteiger partial charge >= 0.3 is 5.97 Å². The summed E-state index contributed by atoms with van der Waals surface area (Å²) in [4.78, 5) is 24.5. The van der Waals surface area contributed by atoms with Crippen molar-refractivity contribution in [1.82, 2.24) is 10.2 Å². The molecule has 1 aliphatic rings. The summed E-state index contributed by atoms with van der Waals surface area (Å²) in [6.45, 7) is 2.13. The Hall–Kier alpha value is -1.88. The summed E-state index contributed by atoms with van der Waals surface area (Å²) in [6, 6.07) is 10.2. The van der Waals surface area contributed by atoms with Crippen LogP contribution in [0.25, 0.3) is 0 Å². The van der Waals surface area contributed by atoms with Gasteiger partial charge in [0.05, 0.1) is 12.5 Å². The molecule has 0 bridgehead atoms. The number of rotatable bonds is 7. The highest BCUT2D eigenvalue weighted by atomic mass is 16.4. The lowest BCUT2D eigenvalue weighted by molar-refractivity contribution is -0.141. The van der Waals surface area contributed by atoms with Crippen LogP contribution in [0.15, 0.2) is 30.3 Å². The highest BCUT2D eigenvalue weighted by Crippen LogP contribution is 2.15. The predicted molar refractivity (Wildman–Crippen MR) is 80.0 cm³/mol. The van der Waals surface area contributed by atoms with E-state index < -0.39 is 5.97 Å². The van der Waals surface area contributed by atoms with Crippen LogP contribution in [0.4, 0.5) is 0 Å². The number of nitrogens with one attached hydrogen (secondary N) is 1. The van der Waals surface area contributed by atoms with Crippen LogP contribution in [0.1, 0.15) is 18.4 Å². The fraction of sp³-hybridized carbons (Fsp3) is 0.500. The summed E-state index contributed by atoms with van der Waals surface area (Å²) < 4.78 is 0. The van der Waals surface area contributed by atoms with E-state index in [-0.39, 0.29) is 11.8 Å². The summed E-state index contributed by atoms with van der Waals surface area (Å²) in [5, 5.41) is 11.8. The maximum Gasteiger partial charge on any atom is 0.307 e. The molecule has 1 aromatic rings. The number of aryl methyl sites for hydroxylation is 1. The molecule has 2 rings (SSSR count). The standard InChI is InChI=1S/C16H22N2O3/c19-15(12-18-10-8-14(11-18)16(20)21)17-9-4-7-13-5-2-1-3-6-13/h1-3,5-6,14H,4,7-12H2,(H,17,19)(H,20,21). The van der Waals surface area contributed by atoms with E-state index >= 15 is 0 Å². The second-order valence-electron chi connectivity index (χ2n) is 5.50. The van der Waals surface area contributed by atoms with Crippen molar-refractivity contribution in [2.45, 2.75) is 19.3 Å². The summed E-state index contributed by atoms with van der Waals surface area (Å²) in [7, 11) is 0. The third-order valence-electron chi connectivity index (χ3n) is 3.80. The number of carbonyl (C=O) groups is 2. The van der Waals surface area contributed by atoms with Gasteiger partial charge in [-0.25, -0.2) is 0 Å². The van der Waals surface area contributed by atoms with Crippen molar-refractivity contribution in [2.24, 2.45) is 5.92 Å². The quantitative estimate of drug-likeness (QED) is 0.739. The second-order valence-corrected chi connectivity index (χ2v) is 5.50. The number of carbonyl (C=O) groups excluding carboxylic acids is 1. The van der Waals surface area contributed by atoms with Crippen molar-refractivity contribution in [3.63, 3.8) is 0 Å². The number of hydrogen-bond acceptors (Lipinski definition) is 3. The zero-order valence-corrected chi connectivity index (χ0v) is 12.1. The molecule has 1 saturated heterocycles. The Bertz CT molecular complexity index is 476. The van der Waals surface area contributed by atoms with E-state index in [2.05, 4.69) is 17.4 Å². The zero-order chi connectivity index (χ0) is 15.1. The largest absolute Gasteiger partial charge is 0.481 e. The van der Waals surface area contributed by atoms with Gasteiger partial charge in [-0.05, 0) is 31.4 Å². The SMILES string of the molecule is O=C(CN1CCC(C(=O)O)C1)NCCCc1ccccc1. The molecule has 2 N–H and O–H groups in total. The van der Waals surface area contributed by atoms with Gasteiger partial charge in [0.1, 0.15) is 0 Å². The number of amides is 1. The van der Waals surface area contributed by atoms with Crippen LogP contribution >= 0.6 is 0 Å². The maximum absolute atomic E-state index is 11.8. The van der Waals surface area contributed by atoms with Gasteiger partial charge in [-0.3, -0.25) is 14.5 Å². The molecule has 1 fully saturated rings. The van der Waals surface area contributed by atoms with Gasteiger partial charge in [-0.15, -0.1) is 0 Å². The minimum atomic E-state index is -0.763. The minimum Gasteiger partial charge on any atom is -0.481 e. The van der Waals surface area contributed by atoms with Crippen LogP contribution in [0.2, 0.25) is 0 Å². The van der Waals surface area contributed by atoms with Crippen LogP contribution in [-0.2, 0) is 16.0 Å². The molecule has 0 spiro atoms. The van der Waals surface area contributed by atoms with E-state index in [1.54, 1.807) is 0 Å². The van der Waals surface area contributed by atoms with Crippen molar-refractivity contribution < 1.29 is 14.7 Å². The van der Waals surface area contributed by atoms with E-state index in [1.165, 1.54) is 5.56 Å². The third kappa shape index (κ3) is 5.19. The lowest BCUT2D eigenvalue weighted by atomic mass is 10.1. The normalized spacial score (nSPS) is 18.6. The average Bonchev–Trinajstić information content (AvgIpc) is 2.93. The fourth-order valence-electron chi connectivity index (χ4n) is 2.60. The van der Waals surface area contributed by atoms with E-state index in [4.69, 9.17) is 5.11 Å². The molecule has 1 heterocycles. The van der Waals surface area contributed by atoms with Gasteiger partial charge in [-0.2, -0.15) is 0 Å². The number of likely N-dealkylation sites (tertiary alicyclic amines) is 1. The van der Waals surface area contributed by atoms with E-state index in [0.717, 1.165) is 12.8 Å². The zero-order valence-electron chi connectivity index (χ0n) is 12.1. The molecule has 21 heavy (non-hydrogen) atoms. The molecule has 1 unspecified atom stereocenters. The molecule has 0 aliphatic carbocycles. The predicted octanol–water partition coefficient (Wildman–Crippen LogP) is 1.14. The van der Waals surface area contributed by atoms with Crippen molar-refractivity contribution in [3.05, 3.63) is 35.9 Å². The summed E-state index contributed by atoms with van der Waals surface area (Å²) in [5.41, 5.74) is 1.27. The number of nitrogens with zero attached hydrogens (tertiary/aromatic N) is 1. The molecule has 1 aliphatic heterocycles. The summed E-state index contributed by atoms with van der Waals surface area (Å²) in [6.07, 6.45) is 2.50. The van der Waals surface area contributed by atoms with Gasteiger partial charge in [-0.1, -0.05) is 30.3 Å². The summed E-state index contributed by atoms with van der Waals surface area (Å²) >= 11 is 0. The van der Waals surface area contributed by atoms with Crippen molar-refractivity contribution in [2.75, 3.05) is 26.2 Å². The van der Waals surface area contributed by atoms with Gasteiger partial charge in [0.25, 0.3) is 0 Å². The lowest BCUT2D eigenvalue weighted by Crippen LogP contribution is -2.37. The Labute approximate surface area is 125 Å². The molecule has 1 atom stereocenters. The van der Waals surface area contributed by atoms with Gasteiger partial charge in [0.2, 0.25) is 5.91 Å². The Morgan fingerprint density at radius 3 is 2.71 bits per heavy atom. The minimum absolute atomic E-state index is 0.0194. The van der Waals surface area contributed by atoms with Crippen LogP contribution in [0.3, 0.4) is 0 Å². The van der Waals surface area contributed by atoms with Crippen molar-refractivity contribution in [1.29, 1.82) is 0 Å². The maximum atomic E-state index is 11.8. The van der Waals surface area contributed by atoms with Crippen LogP contribution in [0, 0.1) is 5.92 Å². The Balaban J connectivity index is 1.59. The molecule has 5 nitrogen and oxygen atoms in total. The van der Waals surface area contributed by atoms with E-state index in [1.807, 2.05) is 23.1 Å². The number of carboxylic acid groups (broad SMARTS) is 1. The number of benzene rings is 1. The second kappa shape index (κ2) is 7.78. The van der Waals surface area contributed by atoms with Crippen molar-refractivity contribution in [3.8, 4) is 0 Å². The highest BCUT2D eigenvalue weighted by Gasteiger charge is 2.28. The third-order valence-corrected chi connectivity index (χ3v) is 3.80. The van der Waals surface area contributed by atoms with Gasteiger partial charge < -0.3 is 10.4 Å². The van der Waals surface area contributed by atoms with Gasteiger partial charge in [0, 0.05) is 13.1 Å². The first-order valence-corrected chi connectivity index (χ1v) is 7.41. The smallest absolute Gasteiger partial charge is 0.307 e. The molecule has 1 aromatic carbocycles. The highest BCUT2D eigenvalue weighted by molar-refractivity contribution is 5.78. The number of carboxylic acids is 1. The van der Waals surface area contributed by atoms with Gasteiger partial charge in [0.15, 0.2) is 0 Å². The summed E-state index contributed by atoms with van der Waals surface area (Å²) in [5.74, 6) is -1.11. The number of aliphatic carboxylic acids is 1. The molecular formula is C16H22N2O3. The molecule has 0 aromatic heterocycles. The van der Waals surface area contributed by atoms with Crippen LogP contribution in [0.5, 0.6) is 0 Å². The van der Waals surface area contributed by atoms with E-state index in [9.17, 15) is 9.59 Å². The average molecular weight is 290 g/mol. The Morgan fingerprint density at radius 2 is 2.05 bits per heavy atom. The molecule has 1 amide bonds. The van der Waals surface area contributed by atoms with E-state index in [0.29, 0.717) is 32.6 Å². The molecule has 5 heteroatoms. The first-order chi connectivity index (χ1) is 10.1. The monoisotopic (exact) mass is 290 g/mol. The Kier molecular flexibility index (Phi) is 5.75. The molecule has 0 radical (unpaired) electrons. The Morgan fingerprint density at radius 1 is 1.29 bits per heavy atom. The van der Waals surface area contributed by atoms with Crippen LogP contribution < -0.4 is 5.32 Å². The first kappa shape index (κ1) is 15.5. The number of hydrogen-bond donors (Lipinski definition) is 2. The molecule has 0 saturated carbocycles. The first-order valence-electron chi connectivity index (χ1n) is 7.41. The van der Waals surface area contributed by atoms with Crippen LogP contribution in [-0.4, -0.2) is 48.1 Å². The lowest BCUT2D eigenvalue weighted by Gasteiger charge is -2.14. The fourth-order valence-corrected chi connectivity index (χ4v) is 2.60. The molecule has 114 valence electrons. The molecular weight excluding hydrogens is 268 g/mol.